The maximum atomic E-state index is 11.6. The summed E-state index contributed by atoms with van der Waals surface area (Å²) in [5, 5.41) is 12.5. The van der Waals surface area contributed by atoms with Crippen molar-refractivity contribution in [2.75, 3.05) is 0 Å². The first-order chi connectivity index (χ1) is 19.0. The van der Waals surface area contributed by atoms with E-state index in [-0.39, 0.29) is 37.6 Å². The van der Waals surface area contributed by atoms with Crippen molar-refractivity contribution >= 4 is 11.8 Å². The van der Waals surface area contributed by atoms with Gasteiger partial charge >= 0.3 is 0 Å². The van der Waals surface area contributed by atoms with Gasteiger partial charge < -0.3 is 5.11 Å². The van der Waals surface area contributed by atoms with Crippen molar-refractivity contribution in [2.24, 2.45) is 0 Å². The van der Waals surface area contributed by atoms with Crippen LogP contribution >= 0.6 is 11.8 Å². The van der Waals surface area contributed by atoms with Gasteiger partial charge in [0.2, 0.25) is 0 Å². The van der Waals surface area contributed by atoms with Crippen LogP contribution in [-0.4, -0.2) is 25.0 Å². The van der Waals surface area contributed by atoms with Gasteiger partial charge in [-0.3, -0.25) is 9.97 Å². The molecule has 2 heterocycles. The second-order valence-corrected chi connectivity index (χ2v) is 12.9. The minimum absolute atomic E-state index is 0. The number of aromatic nitrogens is 4. The number of hydrogen-bond acceptors (Lipinski definition) is 6. The fourth-order valence-corrected chi connectivity index (χ4v) is 5.09. The molecule has 0 saturated carbocycles. The van der Waals surface area contributed by atoms with E-state index in [1.165, 1.54) is 11.8 Å². The average Bonchev–Trinajstić information content (AvgIpc) is 2.93. The third-order valence-corrected chi connectivity index (χ3v) is 7.46. The molecule has 0 amide bonds. The number of nitrogens with zero attached hydrogens (tertiary/aromatic N) is 4. The van der Waals surface area contributed by atoms with E-state index in [9.17, 15) is 5.11 Å². The average molecular weight is 741 g/mol. The molecule has 0 fully saturated rings. The number of hydrogen-bond donors (Lipinski definition) is 1. The minimum atomic E-state index is -0.275. The van der Waals surface area contributed by atoms with Gasteiger partial charge in [-0.05, 0) is 34.6 Å². The first-order valence-electron chi connectivity index (χ1n) is 13.3. The number of pyridine rings is 1. The number of phenols is 1. The Hall–Kier alpha value is -3.34. The van der Waals surface area contributed by atoms with Gasteiger partial charge in [0.05, 0.1) is 16.4 Å². The fourth-order valence-electron chi connectivity index (χ4n) is 4.30. The van der Waals surface area contributed by atoms with Crippen LogP contribution in [0.1, 0.15) is 52.7 Å². The number of aromatic hydroxyl groups is 1. The van der Waals surface area contributed by atoms with Crippen molar-refractivity contribution in [1.29, 1.82) is 0 Å². The molecule has 0 unspecified atom stereocenters. The van der Waals surface area contributed by atoms with Crippen LogP contribution in [0.2, 0.25) is 0 Å². The van der Waals surface area contributed by atoms with E-state index in [2.05, 4.69) is 58.7 Å². The Morgan fingerprint density at radius 3 is 2.05 bits per heavy atom. The Labute approximate surface area is 261 Å². The molecule has 41 heavy (non-hydrogen) atoms. The molecule has 5 rings (SSSR count). The van der Waals surface area contributed by atoms with Crippen molar-refractivity contribution in [2.45, 2.75) is 62.3 Å². The van der Waals surface area contributed by atoms with Crippen LogP contribution in [0.15, 0.2) is 95.0 Å². The third-order valence-electron chi connectivity index (χ3n) is 6.55. The van der Waals surface area contributed by atoms with Crippen LogP contribution in [0.4, 0.5) is 0 Å². The quantitative estimate of drug-likeness (QED) is 0.182. The van der Waals surface area contributed by atoms with Gasteiger partial charge in [0, 0.05) is 38.4 Å². The van der Waals surface area contributed by atoms with E-state index >= 15 is 0 Å². The summed E-state index contributed by atoms with van der Waals surface area (Å²) in [5.74, 6) is 1.65. The SMILES string of the molecule is CC(C)(C)c1cc(-c2nc(-c3[c-]c(Sc4ccccn4)ccc3)nc(-c3ccccc3)n2)c(O)c(C(C)(C)C)c1.[Pt]. The van der Waals surface area contributed by atoms with Gasteiger partial charge in [-0.2, -0.15) is 0 Å². The van der Waals surface area contributed by atoms with Crippen LogP contribution < -0.4 is 0 Å². The molecular weight excluding hydrogens is 708 g/mol. The van der Waals surface area contributed by atoms with E-state index in [1.807, 2.05) is 72.8 Å². The summed E-state index contributed by atoms with van der Waals surface area (Å²) in [6, 6.07) is 29.2. The molecule has 0 aliphatic heterocycles. The van der Waals surface area contributed by atoms with E-state index in [0.29, 0.717) is 23.0 Å². The van der Waals surface area contributed by atoms with Crippen LogP contribution in [0.3, 0.4) is 0 Å². The summed E-state index contributed by atoms with van der Waals surface area (Å²) in [7, 11) is 0. The van der Waals surface area contributed by atoms with Gasteiger partial charge in [0.25, 0.3) is 0 Å². The maximum absolute atomic E-state index is 11.6. The molecule has 3 aromatic carbocycles. The summed E-state index contributed by atoms with van der Waals surface area (Å²) >= 11 is 1.53. The molecule has 0 saturated heterocycles. The van der Waals surface area contributed by atoms with Gasteiger partial charge in [0.1, 0.15) is 5.75 Å². The molecule has 1 N–H and O–H groups in total. The Balaban J connectivity index is 0.00000387. The molecule has 0 bridgehead atoms. The zero-order valence-electron chi connectivity index (χ0n) is 24.0. The van der Waals surface area contributed by atoms with Crippen molar-refractivity contribution in [3.05, 3.63) is 102 Å². The van der Waals surface area contributed by atoms with Gasteiger partial charge in [0.15, 0.2) is 11.6 Å². The molecule has 0 aliphatic rings. The van der Waals surface area contributed by atoms with Crippen LogP contribution in [0, 0.1) is 6.07 Å². The van der Waals surface area contributed by atoms with Crippen molar-refractivity contribution in [3.8, 4) is 39.9 Å². The first kappa shape index (κ1) is 30.6. The van der Waals surface area contributed by atoms with E-state index in [1.54, 1.807) is 6.20 Å². The Bertz CT molecular complexity index is 1650. The van der Waals surface area contributed by atoms with Crippen LogP contribution in [0.5, 0.6) is 5.75 Å². The second-order valence-electron chi connectivity index (χ2n) is 11.8. The monoisotopic (exact) mass is 740 g/mol. The summed E-state index contributed by atoms with van der Waals surface area (Å²) in [4.78, 5) is 20.0. The Kier molecular flexibility index (Phi) is 9.15. The van der Waals surface area contributed by atoms with Crippen molar-refractivity contribution < 1.29 is 26.2 Å². The fraction of sp³-hybridized carbons (Fsp3) is 0.235. The standard InChI is InChI=1S/C34H33N4OS.Pt/c1-33(2,3)24-20-26(29(39)27(21-24)34(4,5)6)32-37-30(22-13-8-7-9-14-22)36-31(38-32)23-15-12-16-25(19-23)40-28-17-10-11-18-35-28;/h7-18,20-21,39H,1-6H3;/q-1;. The summed E-state index contributed by atoms with van der Waals surface area (Å²) in [6.07, 6.45) is 1.78. The molecular formula is C34H33N4OPtS-. The van der Waals surface area contributed by atoms with Gasteiger partial charge in [-0.15, -0.1) is 29.8 Å². The Morgan fingerprint density at radius 2 is 1.39 bits per heavy atom. The molecule has 0 radical (unpaired) electrons. The van der Waals surface area contributed by atoms with Gasteiger partial charge in [-0.1, -0.05) is 101 Å². The van der Waals surface area contributed by atoms with Crippen molar-refractivity contribution in [1.82, 2.24) is 19.9 Å². The van der Waals surface area contributed by atoms with Crippen LogP contribution in [-0.2, 0) is 31.9 Å². The summed E-state index contributed by atoms with van der Waals surface area (Å²) < 4.78 is 0. The van der Waals surface area contributed by atoms with E-state index in [4.69, 9.17) is 15.0 Å². The summed E-state index contributed by atoms with van der Waals surface area (Å²) in [5.41, 5.74) is 3.76. The molecule has 2 aromatic heterocycles. The number of benzene rings is 3. The van der Waals surface area contributed by atoms with Gasteiger partial charge in [-0.25, -0.2) is 9.97 Å². The topological polar surface area (TPSA) is 71.8 Å². The third kappa shape index (κ3) is 7.12. The molecule has 212 valence electrons. The largest absolute Gasteiger partial charge is 0.507 e. The van der Waals surface area contributed by atoms with Crippen LogP contribution in [0.25, 0.3) is 34.2 Å². The molecule has 0 atom stereocenters. The predicted molar refractivity (Wildman–Crippen MR) is 162 cm³/mol. The normalized spacial score (nSPS) is 11.7. The molecule has 5 aromatic rings. The smallest absolute Gasteiger partial charge is 0.158 e. The molecule has 7 heteroatoms. The zero-order valence-corrected chi connectivity index (χ0v) is 27.1. The van der Waals surface area contributed by atoms with E-state index < -0.39 is 0 Å². The molecule has 5 nitrogen and oxygen atoms in total. The minimum Gasteiger partial charge on any atom is -0.507 e. The molecule has 0 aliphatic carbocycles. The first-order valence-corrected chi connectivity index (χ1v) is 14.1. The maximum Gasteiger partial charge on any atom is 0.158 e. The Morgan fingerprint density at radius 1 is 0.707 bits per heavy atom. The van der Waals surface area contributed by atoms with Crippen molar-refractivity contribution in [3.63, 3.8) is 0 Å². The zero-order chi connectivity index (χ0) is 28.5. The number of rotatable bonds is 5. The van der Waals surface area contributed by atoms with E-state index in [0.717, 1.165) is 32.2 Å². The molecule has 0 spiro atoms. The summed E-state index contributed by atoms with van der Waals surface area (Å²) in [6.45, 7) is 12.8. The second kappa shape index (κ2) is 12.3. The predicted octanol–water partition coefficient (Wildman–Crippen LogP) is 8.52. The number of phenolic OH excluding ortho intramolecular Hbond substituents is 1.